The van der Waals surface area contributed by atoms with Gasteiger partial charge in [0.1, 0.15) is 11.6 Å². The Kier molecular flexibility index (Phi) is 5.54. The molecule has 0 atom stereocenters. The molecule has 0 fully saturated rings. The predicted octanol–water partition coefficient (Wildman–Crippen LogP) is 2.95. The molecule has 2 aromatic rings. The van der Waals surface area contributed by atoms with Crippen molar-refractivity contribution in [2.45, 2.75) is 6.54 Å². The summed E-state index contributed by atoms with van der Waals surface area (Å²) in [6.07, 6.45) is 8.15. The first kappa shape index (κ1) is 17.6. The zero-order valence-electron chi connectivity index (χ0n) is 14.0. The van der Waals surface area contributed by atoms with Gasteiger partial charge in [-0.1, -0.05) is 0 Å². The van der Waals surface area contributed by atoms with E-state index in [1.807, 2.05) is 0 Å². The second kappa shape index (κ2) is 7.23. The van der Waals surface area contributed by atoms with Gasteiger partial charge >= 0.3 is 0 Å². The van der Waals surface area contributed by atoms with Crippen molar-refractivity contribution in [3.05, 3.63) is 30.2 Å². The number of benzene rings is 1. The van der Waals surface area contributed by atoms with Crippen LogP contribution in [0.5, 0.6) is 5.75 Å². The molecule has 2 N–H and O–H groups in total. The molecule has 0 bridgehead atoms. The molecule has 0 radical (unpaired) electrons. The molecular formula is C16H24FN3O2S. The minimum atomic E-state index is -0.698. The highest BCUT2D eigenvalue weighted by molar-refractivity contribution is 8.32. The van der Waals surface area contributed by atoms with Gasteiger partial charge in [-0.25, -0.2) is 14.4 Å². The van der Waals surface area contributed by atoms with Gasteiger partial charge in [-0.2, -0.15) is 5.10 Å². The maximum atomic E-state index is 13.6. The van der Waals surface area contributed by atoms with Crippen molar-refractivity contribution in [2.75, 3.05) is 44.2 Å². The molecule has 1 aromatic heterocycles. The van der Waals surface area contributed by atoms with Crippen LogP contribution < -0.4 is 10.5 Å². The molecule has 5 nitrogen and oxygen atoms in total. The summed E-state index contributed by atoms with van der Waals surface area (Å²) in [6, 6.07) is 4.35. The number of rotatable bonds is 7. The van der Waals surface area contributed by atoms with E-state index in [-0.39, 0.29) is 5.82 Å². The van der Waals surface area contributed by atoms with Gasteiger partial charge in [0.25, 0.3) is 0 Å². The summed E-state index contributed by atoms with van der Waals surface area (Å²) in [6.45, 7) is 1.07. The second-order valence-electron chi connectivity index (χ2n) is 6.13. The van der Waals surface area contributed by atoms with Crippen LogP contribution >= 0.6 is 10.0 Å². The van der Waals surface area contributed by atoms with Crippen molar-refractivity contribution in [3.63, 3.8) is 0 Å². The standard InChI is InChI=1S/C16H24FN3O2S/c1-21-15-6-5-12(17)9-13(15)16-14(18)10-19-20(16)7-8-22-11-23(2,3)4/h5-6,9-10H,7-8,11,18H2,1-4H3. The minimum absolute atomic E-state index is 0.347. The Morgan fingerprint density at radius 3 is 2.70 bits per heavy atom. The summed E-state index contributed by atoms with van der Waals surface area (Å²) in [5.74, 6) is 0.947. The Morgan fingerprint density at radius 1 is 1.30 bits per heavy atom. The molecular weight excluding hydrogens is 317 g/mol. The van der Waals surface area contributed by atoms with Gasteiger partial charge in [0, 0.05) is 5.56 Å². The number of nitrogen functional groups attached to an aromatic ring is 1. The number of aromatic nitrogens is 2. The summed E-state index contributed by atoms with van der Waals surface area (Å²) in [5.41, 5.74) is 7.74. The van der Waals surface area contributed by atoms with Crippen LogP contribution in [-0.2, 0) is 11.3 Å². The average molecular weight is 341 g/mol. The van der Waals surface area contributed by atoms with E-state index < -0.39 is 10.0 Å². The Morgan fingerprint density at radius 2 is 2.04 bits per heavy atom. The van der Waals surface area contributed by atoms with Crippen LogP contribution in [0.2, 0.25) is 0 Å². The first-order chi connectivity index (χ1) is 10.8. The summed E-state index contributed by atoms with van der Waals surface area (Å²) in [5, 5.41) is 4.27. The molecule has 0 aliphatic heterocycles. The first-order valence-corrected chi connectivity index (χ1v) is 10.2. The number of hydrogen-bond donors (Lipinski definition) is 1. The number of halogens is 1. The SMILES string of the molecule is COc1ccc(F)cc1-c1c(N)cnn1CCOCS(C)(C)C. The van der Waals surface area contributed by atoms with Crippen molar-refractivity contribution in [2.24, 2.45) is 0 Å². The van der Waals surface area contributed by atoms with Crippen molar-refractivity contribution in [1.82, 2.24) is 9.78 Å². The maximum absolute atomic E-state index is 13.6. The van der Waals surface area contributed by atoms with Crippen LogP contribution in [-0.4, -0.2) is 48.2 Å². The molecule has 0 aliphatic carbocycles. The molecule has 0 unspecified atom stereocenters. The lowest BCUT2D eigenvalue weighted by atomic mass is 10.1. The third kappa shape index (κ3) is 4.62. The van der Waals surface area contributed by atoms with Crippen LogP contribution in [0.4, 0.5) is 10.1 Å². The fourth-order valence-corrected chi connectivity index (χ4v) is 2.81. The van der Waals surface area contributed by atoms with Gasteiger partial charge in [0.2, 0.25) is 0 Å². The summed E-state index contributed by atoms with van der Waals surface area (Å²) < 4.78 is 26.4. The zero-order valence-corrected chi connectivity index (χ0v) is 14.8. The highest BCUT2D eigenvalue weighted by Gasteiger charge is 2.16. The quantitative estimate of drug-likeness (QED) is 0.787. The summed E-state index contributed by atoms with van der Waals surface area (Å²) >= 11 is 0. The Balaban J connectivity index is 2.21. The molecule has 23 heavy (non-hydrogen) atoms. The molecule has 0 spiro atoms. The third-order valence-corrected chi connectivity index (χ3v) is 4.04. The fraction of sp³-hybridized carbons (Fsp3) is 0.438. The van der Waals surface area contributed by atoms with Crippen LogP contribution in [0.3, 0.4) is 0 Å². The zero-order chi connectivity index (χ0) is 17.0. The molecule has 2 rings (SSSR count). The largest absolute Gasteiger partial charge is 0.496 e. The Bertz CT molecular complexity index is 668. The minimum Gasteiger partial charge on any atom is -0.496 e. The lowest BCUT2D eigenvalue weighted by molar-refractivity contribution is 0.168. The molecule has 0 amide bonds. The van der Waals surface area contributed by atoms with Crippen LogP contribution in [0.1, 0.15) is 0 Å². The molecule has 0 aliphatic rings. The van der Waals surface area contributed by atoms with Gasteiger partial charge in [-0.05, 0) is 37.0 Å². The Hall–Kier alpha value is -1.73. The van der Waals surface area contributed by atoms with Gasteiger partial charge in [-0.15, -0.1) is 0 Å². The predicted molar refractivity (Wildman–Crippen MR) is 94.8 cm³/mol. The molecule has 1 heterocycles. The van der Waals surface area contributed by atoms with Crippen molar-refractivity contribution in [1.29, 1.82) is 0 Å². The first-order valence-electron chi connectivity index (χ1n) is 7.21. The monoisotopic (exact) mass is 341 g/mol. The van der Waals surface area contributed by atoms with Gasteiger partial charge in [-0.3, -0.25) is 4.68 Å². The molecule has 0 saturated carbocycles. The highest BCUT2D eigenvalue weighted by atomic mass is 32.3. The Labute approximate surface area is 137 Å². The highest BCUT2D eigenvalue weighted by Crippen LogP contribution is 2.35. The van der Waals surface area contributed by atoms with E-state index >= 15 is 0 Å². The van der Waals surface area contributed by atoms with E-state index in [0.29, 0.717) is 35.8 Å². The molecule has 1 aromatic carbocycles. The van der Waals surface area contributed by atoms with E-state index in [1.54, 1.807) is 24.1 Å². The van der Waals surface area contributed by atoms with Crippen molar-refractivity contribution >= 4 is 15.7 Å². The molecule has 128 valence electrons. The van der Waals surface area contributed by atoms with E-state index in [2.05, 4.69) is 23.9 Å². The van der Waals surface area contributed by atoms with E-state index in [0.717, 1.165) is 5.94 Å². The molecule has 0 saturated heterocycles. The topological polar surface area (TPSA) is 62.3 Å². The number of nitrogens with two attached hydrogens (primary N) is 1. The summed E-state index contributed by atoms with van der Waals surface area (Å²) in [7, 11) is 0.846. The van der Waals surface area contributed by atoms with E-state index in [9.17, 15) is 4.39 Å². The van der Waals surface area contributed by atoms with Gasteiger partial charge in [0.15, 0.2) is 0 Å². The third-order valence-electron chi connectivity index (χ3n) is 3.17. The number of hydrogen-bond acceptors (Lipinski definition) is 4. The maximum Gasteiger partial charge on any atom is 0.128 e. The number of nitrogens with zero attached hydrogens (tertiary/aromatic N) is 2. The molecule has 7 heteroatoms. The van der Waals surface area contributed by atoms with E-state index in [1.165, 1.54) is 12.1 Å². The van der Waals surface area contributed by atoms with Gasteiger partial charge < -0.3 is 15.2 Å². The summed E-state index contributed by atoms with van der Waals surface area (Å²) in [4.78, 5) is 0. The number of anilines is 1. The van der Waals surface area contributed by atoms with Crippen LogP contribution in [0.15, 0.2) is 24.4 Å². The van der Waals surface area contributed by atoms with Gasteiger partial charge in [0.05, 0.1) is 43.8 Å². The van der Waals surface area contributed by atoms with Crippen molar-refractivity contribution < 1.29 is 13.9 Å². The number of methoxy groups -OCH3 is 1. The average Bonchev–Trinajstić information content (AvgIpc) is 2.83. The van der Waals surface area contributed by atoms with Crippen LogP contribution in [0, 0.1) is 5.82 Å². The smallest absolute Gasteiger partial charge is 0.128 e. The fourth-order valence-electron chi connectivity index (χ4n) is 2.19. The lowest BCUT2D eigenvalue weighted by Gasteiger charge is -2.24. The normalized spacial score (nSPS) is 12.4. The van der Waals surface area contributed by atoms with Crippen molar-refractivity contribution in [3.8, 4) is 17.0 Å². The van der Waals surface area contributed by atoms with Crippen LogP contribution in [0.25, 0.3) is 11.3 Å². The number of ether oxygens (including phenoxy) is 2. The van der Waals surface area contributed by atoms with E-state index in [4.69, 9.17) is 15.2 Å². The second-order valence-corrected chi connectivity index (χ2v) is 10.6. The lowest BCUT2D eigenvalue weighted by Crippen LogP contribution is -2.12.